The van der Waals surface area contributed by atoms with Crippen molar-refractivity contribution in [3.8, 4) is 11.5 Å². The van der Waals surface area contributed by atoms with Crippen LogP contribution in [0, 0.1) is 0 Å². The summed E-state index contributed by atoms with van der Waals surface area (Å²) in [7, 11) is 1.67. The zero-order valence-electron chi connectivity index (χ0n) is 10.7. The van der Waals surface area contributed by atoms with Crippen LogP contribution in [0.4, 0.5) is 0 Å². The fourth-order valence-electron chi connectivity index (χ4n) is 1.84. The minimum atomic E-state index is 0.0454. The van der Waals surface area contributed by atoms with Crippen molar-refractivity contribution in [1.82, 2.24) is 5.32 Å². The average Bonchev–Trinajstić information content (AvgIpc) is 3.11. The predicted octanol–water partition coefficient (Wildman–Crippen LogP) is 2.61. The van der Waals surface area contributed by atoms with Gasteiger partial charge in [-0.3, -0.25) is 0 Å². The van der Waals surface area contributed by atoms with Crippen molar-refractivity contribution in [3.63, 3.8) is 0 Å². The third kappa shape index (κ3) is 3.37. The molecule has 1 aliphatic rings. The number of hydrogen-bond donors (Lipinski definition) is 1. The molecule has 0 aliphatic heterocycles. The number of benzene rings is 1. The highest BCUT2D eigenvalue weighted by atomic mass is 16.5. The first kappa shape index (κ1) is 12.2. The molecule has 0 bridgehead atoms. The van der Waals surface area contributed by atoms with E-state index in [0.717, 1.165) is 37.4 Å². The van der Waals surface area contributed by atoms with E-state index in [9.17, 15) is 0 Å². The second-order valence-electron chi connectivity index (χ2n) is 4.64. The molecule has 1 saturated carbocycles. The fraction of sp³-hybridized carbons (Fsp3) is 0.571. The molecule has 0 radical (unpaired) electrons. The highest BCUT2D eigenvalue weighted by Crippen LogP contribution is 2.39. The number of nitrogens with one attached hydrogen (secondary N) is 1. The van der Waals surface area contributed by atoms with Gasteiger partial charge in [-0.15, -0.1) is 0 Å². The molecule has 0 aromatic heterocycles. The van der Waals surface area contributed by atoms with Crippen LogP contribution >= 0.6 is 0 Å². The largest absolute Gasteiger partial charge is 0.497 e. The maximum absolute atomic E-state index is 6.04. The molecule has 0 heterocycles. The van der Waals surface area contributed by atoms with Gasteiger partial charge in [0.25, 0.3) is 0 Å². The molecule has 1 aliphatic carbocycles. The molecule has 17 heavy (non-hydrogen) atoms. The highest BCUT2D eigenvalue weighted by Gasteiger charge is 2.45. The standard InChI is InChI=1S/C14H21NO2/c1-3-10-15-11-14(8-9-14)17-13-6-4-12(16-2)5-7-13/h4-7,15H,3,8-11H2,1-2H3. The zero-order chi connectivity index (χ0) is 12.1. The maximum atomic E-state index is 6.04. The Morgan fingerprint density at radius 2 is 1.82 bits per heavy atom. The Morgan fingerprint density at radius 3 is 2.35 bits per heavy atom. The van der Waals surface area contributed by atoms with E-state index in [0.29, 0.717) is 0 Å². The van der Waals surface area contributed by atoms with Gasteiger partial charge in [-0.05, 0) is 50.1 Å². The number of rotatable bonds is 7. The van der Waals surface area contributed by atoms with E-state index in [2.05, 4.69) is 12.2 Å². The van der Waals surface area contributed by atoms with Crippen molar-refractivity contribution in [2.24, 2.45) is 0 Å². The number of hydrogen-bond acceptors (Lipinski definition) is 3. The summed E-state index contributed by atoms with van der Waals surface area (Å²) in [5.41, 5.74) is 0.0454. The van der Waals surface area contributed by atoms with Crippen LogP contribution in [0.5, 0.6) is 11.5 Å². The minimum Gasteiger partial charge on any atom is -0.497 e. The Balaban J connectivity index is 1.86. The van der Waals surface area contributed by atoms with E-state index < -0.39 is 0 Å². The smallest absolute Gasteiger partial charge is 0.122 e. The van der Waals surface area contributed by atoms with E-state index in [4.69, 9.17) is 9.47 Å². The predicted molar refractivity (Wildman–Crippen MR) is 68.7 cm³/mol. The molecule has 1 fully saturated rings. The average molecular weight is 235 g/mol. The maximum Gasteiger partial charge on any atom is 0.122 e. The van der Waals surface area contributed by atoms with Crippen LogP contribution in [-0.4, -0.2) is 25.8 Å². The van der Waals surface area contributed by atoms with Gasteiger partial charge >= 0.3 is 0 Å². The van der Waals surface area contributed by atoms with Crippen LogP contribution in [0.3, 0.4) is 0 Å². The fourth-order valence-corrected chi connectivity index (χ4v) is 1.84. The lowest BCUT2D eigenvalue weighted by atomic mass is 10.3. The van der Waals surface area contributed by atoms with E-state index in [-0.39, 0.29) is 5.60 Å². The summed E-state index contributed by atoms with van der Waals surface area (Å²) >= 11 is 0. The first-order valence-corrected chi connectivity index (χ1v) is 6.32. The molecular weight excluding hydrogens is 214 g/mol. The third-order valence-corrected chi connectivity index (χ3v) is 3.08. The molecule has 1 aromatic rings. The Kier molecular flexibility index (Phi) is 3.89. The van der Waals surface area contributed by atoms with Crippen molar-refractivity contribution in [3.05, 3.63) is 24.3 Å². The van der Waals surface area contributed by atoms with E-state index in [1.54, 1.807) is 7.11 Å². The lowest BCUT2D eigenvalue weighted by molar-refractivity contribution is 0.175. The van der Waals surface area contributed by atoms with Gasteiger partial charge < -0.3 is 14.8 Å². The Hall–Kier alpha value is -1.22. The van der Waals surface area contributed by atoms with E-state index in [1.165, 1.54) is 6.42 Å². The normalized spacial score (nSPS) is 16.6. The van der Waals surface area contributed by atoms with Gasteiger partial charge in [0, 0.05) is 6.54 Å². The molecule has 0 unspecified atom stereocenters. The van der Waals surface area contributed by atoms with Crippen LogP contribution < -0.4 is 14.8 Å². The van der Waals surface area contributed by atoms with Crippen molar-refractivity contribution in [2.45, 2.75) is 31.8 Å². The van der Waals surface area contributed by atoms with Crippen molar-refractivity contribution in [2.75, 3.05) is 20.2 Å². The summed E-state index contributed by atoms with van der Waals surface area (Å²) in [6.45, 7) is 4.19. The first-order chi connectivity index (χ1) is 8.28. The Morgan fingerprint density at radius 1 is 1.18 bits per heavy atom. The molecule has 3 nitrogen and oxygen atoms in total. The minimum absolute atomic E-state index is 0.0454. The number of ether oxygens (including phenoxy) is 2. The van der Waals surface area contributed by atoms with Gasteiger partial charge in [0.2, 0.25) is 0 Å². The van der Waals surface area contributed by atoms with Gasteiger partial charge in [-0.1, -0.05) is 6.92 Å². The summed E-state index contributed by atoms with van der Waals surface area (Å²) < 4.78 is 11.2. The molecule has 0 atom stereocenters. The molecule has 94 valence electrons. The third-order valence-electron chi connectivity index (χ3n) is 3.08. The van der Waals surface area contributed by atoms with Gasteiger partial charge in [0.1, 0.15) is 17.1 Å². The monoisotopic (exact) mass is 235 g/mol. The van der Waals surface area contributed by atoms with Gasteiger partial charge in [0.15, 0.2) is 0 Å². The summed E-state index contributed by atoms with van der Waals surface area (Å²) in [4.78, 5) is 0. The molecule has 1 aromatic carbocycles. The van der Waals surface area contributed by atoms with Crippen molar-refractivity contribution < 1.29 is 9.47 Å². The second kappa shape index (κ2) is 5.41. The van der Waals surface area contributed by atoms with Crippen molar-refractivity contribution >= 4 is 0 Å². The Labute approximate surface area is 103 Å². The first-order valence-electron chi connectivity index (χ1n) is 6.32. The van der Waals surface area contributed by atoms with E-state index in [1.807, 2.05) is 24.3 Å². The van der Waals surface area contributed by atoms with Gasteiger partial charge in [0.05, 0.1) is 7.11 Å². The van der Waals surface area contributed by atoms with Crippen LogP contribution in [0.15, 0.2) is 24.3 Å². The second-order valence-corrected chi connectivity index (χ2v) is 4.64. The molecule has 0 spiro atoms. The van der Waals surface area contributed by atoms with Crippen molar-refractivity contribution in [1.29, 1.82) is 0 Å². The van der Waals surface area contributed by atoms with E-state index >= 15 is 0 Å². The lowest BCUT2D eigenvalue weighted by Gasteiger charge is -2.18. The molecule has 2 rings (SSSR count). The highest BCUT2D eigenvalue weighted by molar-refractivity contribution is 5.32. The molecule has 0 amide bonds. The van der Waals surface area contributed by atoms with Gasteiger partial charge in [-0.25, -0.2) is 0 Å². The summed E-state index contributed by atoms with van der Waals surface area (Å²) in [5.74, 6) is 1.80. The topological polar surface area (TPSA) is 30.5 Å². The van der Waals surface area contributed by atoms with Crippen LogP contribution in [0.1, 0.15) is 26.2 Å². The quantitative estimate of drug-likeness (QED) is 0.737. The SMILES string of the molecule is CCCNCC1(Oc2ccc(OC)cc2)CC1. The molecular formula is C14H21NO2. The van der Waals surface area contributed by atoms with Gasteiger partial charge in [-0.2, -0.15) is 0 Å². The molecule has 1 N–H and O–H groups in total. The van der Waals surface area contributed by atoms with Crippen LogP contribution in [0.25, 0.3) is 0 Å². The summed E-state index contributed by atoms with van der Waals surface area (Å²) in [6, 6.07) is 7.81. The summed E-state index contributed by atoms with van der Waals surface area (Å²) in [6.07, 6.45) is 3.46. The van der Waals surface area contributed by atoms with Crippen LogP contribution in [-0.2, 0) is 0 Å². The Bertz CT molecular complexity index is 344. The molecule has 0 saturated heterocycles. The summed E-state index contributed by atoms with van der Waals surface area (Å²) in [5, 5.41) is 3.43. The zero-order valence-corrected chi connectivity index (χ0v) is 10.7. The van der Waals surface area contributed by atoms with Crippen LogP contribution in [0.2, 0.25) is 0 Å². The lowest BCUT2D eigenvalue weighted by Crippen LogP contribution is -2.33. The number of methoxy groups -OCH3 is 1. The molecule has 3 heteroatoms.